The van der Waals surface area contributed by atoms with Gasteiger partial charge in [0, 0.05) is 44.0 Å². The van der Waals surface area contributed by atoms with Gasteiger partial charge in [-0.3, -0.25) is 4.90 Å². The maximum atomic E-state index is 6.19. The van der Waals surface area contributed by atoms with Gasteiger partial charge < -0.3 is 9.64 Å². The van der Waals surface area contributed by atoms with E-state index in [0.29, 0.717) is 13.2 Å². The summed E-state index contributed by atoms with van der Waals surface area (Å²) in [6.07, 6.45) is 0.976. The Kier molecular flexibility index (Phi) is 6.45. The number of aryl methyl sites for hydroxylation is 1. The molecule has 1 unspecified atom stereocenters. The van der Waals surface area contributed by atoms with E-state index in [1.165, 1.54) is 11.3 Å². The smallest absolute Gasteiger partial charge is 0.168 e. The van der Waals surface area contributed by atoms with Crippen molar-refractivity contribution in [3.63, 3.8) is 0 Å². The Bertz CT molecular complexity index is 713. The van der Waals surface area contributed by atoms with Gasteiger partial charge >= 0.3 is 0 Å². The van der Waals surface area contributed by atoms with Crippen molar-refractivity contribution < 1.29 is 4.74 Å². The quantitative estimate of drug-likeness (QED) is 0.738. The van der Waals surface area contributed by atoms with Crippen molar-refractivity contribution in [2.45, 2.75) is 32.9 Å². The van der Waals surface area contributed by atoms with E-state index < -0.39 is 0 Å². The number of hydrogen-bond acceptors (Lipinski definition) is 6. The molecule has 7 nitrogen and oxygen atoms in total. The predicted molar refractivity (Wildman–Crippen MR) is 103 cm³/mol. The van der Waals surface area contributed by atoms with Crippen LogP contribution in [0.4, 0.5) is 5.69 Å². The van der Waals surface area contributed by atoms with Gasteiger partial charge in [-0.25, -0.2) is 4.68 Å². The lowest BCUT2D eigenvalue weighted by molar-refractivity contribution is 0.157. The lowest BCUT2D eigenvalue weighted by atomic mass is 10.1. The maximum Gasteiger partial charge on any atom is 0.168 e. The van der Waals surface area contributed by atoms with Gasteiger partial charge in [0.1, 0.15) is 0 Å². The predicted octanol–water partition coefficient (Wildman–Crippen LogP) is 2.55. The van der Waals surface area contributed by atoms with E-state index in [-0.39, 0.29) is 6.04 Å². The summed E-state index contributed by atoms with van der Waals surface area (Å²) in [6.45, 7) is 9.50. The Labute approximate surface area is 159 Å². The molecule has 1 aromatic carbocycles. The second kappa shape index (κ2) is 8.79. The van der Waals surface area contributed by atoms with Crippen LogP contribution < -0.4 is 4.90 Å². The molecule has 2 aromatic rings. The van der Waals surface area contributed by atoms with Gasteiger partial charge in [-0.05, 0) is 41.5 Å². The summed E-state index contributed by atoms with van der Waals surface area (Å²) < 4.78 is 7.03. The van der Waals surface area contributed by atoms with Gasteiger partial charge in [-0.15, -0.1) is 5.10 Å². The average molecular weight is 379 g/mol. The summed E-state index contributed by atoms with van der Waals surface area (Å²) in [6, 6.07) is 6.33. The molecular formula is C18H27ClN6O. The van der Waals surface area contributed by atoms with Gasteiger partial charge in [0.2, 0.25) is 0 Å². The van der Waals surface area contributed by atoms with E-state index >= 15 is 0 Å². The zero-order chi connectivity index (χ0) is 18.5. The first-order valence-electron chi connectivity index (χ1n) is 9.14. The van der Waals surface area contributed by atoms with Crippen molar-refractivity contribution in [3.05, 3.63) is 34.6 Å². The average Bonchev–Trinajstić information content (AvgIpc) is 3.11. The summed E-state index contributed by atoms with van der Waals surface area (Å²) in [5.41, 5.74) is 2.49. The Morgan fingerprint density at radius 1 is 1.23 bits per heavy atom. The molecule has 1 fully saturated rings. The maximum absolute atomic E-state index is 6.19. The number of ether oxygens (including phenoxy) is 1. The van der Waals surface area contributed by atoms with E-state index in [4.69, 9.17) is 16.3 Å². The molecule has 0 bridgehead atoms. The molecule has 26 heavy (non-hydrogen) atoms. The molecule has 8 heteroatoms. The highest BCUT2D eigenvalue weighted by molar-refractivity contribution is 6.30. The van der Waals surface area contributed by atoms with Crippen LogP contribution in [0.3, 0.4) is 0 Å². The topological polar surface area (TPSA) is 59.3 Å². The lowest BCUT2D eigenvalue weighted by Crippen LogP contribution is -2.48. The number of nitrogens with zero attached hydrogens (tertiary/aromatic N) is 6. The molecule has 1 saturated heterocycles. The van der Waals surface area contributed by atoms with E-state index in [9.17, 15) is 0 Å². The normalized spacial score (nSPS) is 16.8. The summed E-state index contributed by atoms with van der Waals surface area (Å²) in [7, 11) is 1.69. The van der Waals surface area contributed by atoms with Crippen molar-refractivity contribution in [3.8, 4) is 0 Å². The Morgan fingerprint density at radius 3 is 2.69 bits per heavy atom. The number of aromatic nitrogens is 4. The van der Waals surface area contributed by atoms with E-state index in [0.717, 1.165) is 43.4 Å². The third-order valence-corrected chi connectivity index (χ3v) is 5.25. The molecule has 1 aliphatic rings. The Balaban J connectivity index is 1.68. The van der Waals surface area contributed by atoms with E-state index in [2.05, 4.69) is 51.3 Å². The molecule has 0 spiro atoms. The fraction of sp³-hybridized carbons (Fsp3) is 0.611. The fourth-order valence-electron chi connectivity index (χ4n) is 3.59. The number of benzene rings is 1. The zero-order valence-electron chi connectivity index (χ0n) is 15.7. The fourth-order valence-corrected chi connectivity index (χ4v) is 3.76. The molecular weight excluding hydrogens is 352 g/mol. The standard InChI is InChI=1S/C18H27ClN6O/c1-4-16(18-20-21-22-25(18)11-12-26-3)23-7-9-24(10-8-23)17-13-15(19)6-5-14(17)2/h5-6,13,16H,4,7-12H2,1-3H3. The van der Waals surface area contributed by atoms with Crippen LogP contribution in [0.15, 0.2) is 18.2 Å². The van der Waals surface area contributed by atoms with Gasteiger partial charge in [0.15, 0.2) is 5.82 Å². The third-order valence-electron chi connectivity index (χ3n) is 5.02. The summed E-state index contributed by atoms with van der Waals surface area (Å²) in [5.74, 6) is 0.928. The molecule has 0 N–H and O–H groups in total. The van der Waals surface area contributed by atoms with Crippen LogP contribution in [0, 0.1) is 6.92 Å². The Hall–Kier alpha value is -1.70. The van der Waals surface area contributed by atoms with Crippen molar-refractivity contribution >= 4 is 17.3 Å². The van der Waals surface area contributed by atoms with Crippen molar-refractivity contribution in [2.24, 2.45) is 0 Å². The van der Waals surface area contributed by atoms with Gasteiger partial charge in [-0.2, -0.15) is 0 Å². The molecule has 0 saturated carbocycles. The largest absolute Gasteiger partial charge is 0.383 e. The zero-order valence-corrected chi connectivity index (χ0v) is 16.5. The first-order valence-corrected chi connectivity index (χ1v) is 9.52. The molecule has 142 valence electrons. The second-order valence-electron chi connectivity index (χ2n) is 6.63. The number of halogens is 1. The third kappa shape index (κ3) is 4.16. The summed E-state index contributed by atoms with van der Waals surface area (Å²) in [4.78, 5) is 4.89. The minimum Gasteiger partial charge on any atom is -0.383 e. The number of piperazine rings is 1. The van der Waals surface area contributed by atoms with Crippen molar-refractivity contribution in [2.75, 3.05) is 44.8 Å². The SMILES string of the molecule is CCC(c1nnnn1CCOC)N1CCN(c2cc(Cl)ccc2C)CC1. The van der Waals surface area contributed by atoms with Crippen molar-refractivity contribution in [1.29, 1.82) is 0 Å². The van der Waals surface area contributed by atoms with Crippen LogP contribution in [-0.2, 0) is 11.3 Å². The number of hydrogen-bond donors (Lipinski definition) is 0. The van der Waals surface area contributed by atoms with Crippen LogP contribution in [0.1, 0.15) is 30.8 Å². The minimum atomic E-state index is 0.226. The van der Waals surface area contributed by atoms with E-state index in [1.807, 2.05) is 10.7 Å². The highest BCUT2D eigenvalue weighted by Crippen LogP contribution is 2.28. The number of rotatable bonds is 7. The first kappa shape index (κ1) is 19.1. The molecule has 3 rings (SSSR count). The summed E-state index contributed by atoms with van der Waals surface area (Å²) in [5, 5.41) is 13.1. The molecule has 1 atom stereocenters. The van der Waals surface area contributed by atoms with Crippen LogP contribution in [0.5, 0.6) is 0 Å². The number of tetrazole rings is 1. The van der Waals surface area contributed by atoms with Gasteiger partial charge in [0.25, 0.3) is 0 Å². The summed E-state index contributed by atoms with van der Waals surface area (Å²) >= 11 is 6.19. The second-order valence-corrected chi connectivity index (χ2v) is 7.07. The first-order chi connectivity index (χ1) is 12.6. The molecule has 0 amide bonds. The van der Waals surface area contributed by atoms with Crippen molar-refractivity contribution in [1.82, 2.24) is 25.1 Å². The molecule has 2 heterocycles. The monoisotopic (exact) mass is 378 g/mol. The van der Waals surface area contributed by atoms with Crippen LogP contribution in [0.2, 0.25) is 5.02 Å². The highest BCUT2D eigenvalue weighted by Gasteiger charge is 2.28. The lowest BCUT2D eigenvalue weighted by Gasteiger charge is -2.40. The van der Waals surface area contributed by atoms with Crippen LogP contribution >= 0.6 is 11.6 Å². The van der Waals surface area contributed by atoms with Gasteiger partial charge in [-0.1, -0.05) is 24.6 Å². The van der Waals surface area contributed by atoms with Crippen LogP contribution in [-0.4, -0.2) is 65.0 Å². The highest BCUT2D eigenvalue weighted by atomic mass is 35.5. The van der Waals surface area contributed by atoms with E-state index in [1.54, 1.807) is 7.11 Å². The molecule has 0 aliphatic carbocycles. The van der Waals surface area contributed by atoms with Crippen LogP contribution in [0.25, 0.3) is 0 Å². The minimum absolute atomic E-state index is 0.226. The number of anilines is 1. The number of methoxy groups -OCH3 is 1. The molecule has 1 aliphatic heterocycles. The Morgan fingerprint density at radius 2 is 2.00 bits per heavy atom. The van der Waals surface area contributed by atoms with Gasteiger partial charge in [0.05, 0.1) is 19.2 Å². The molecule has 1 aromatic heterocycles. The molecule has 0 radical (unpaired) electrons.